The highest BCUT2D eigenvalue weighted by Gasteiger charge is 2.22. The highest BCUT2D eigenvalue weighted by atomic mass is 32.1. The third kappa shape index (κ3) is 3.48. The van der Waals surface area contributed by atoms with Crippen molar-refractivity contribution in [3.8, 4) is 0 Å². The van der Waals surface area contributed by atoms with E-state index < -0.39 is 0 Å². The van der Waals surface area contributed by atoms with Crippen LogP contribution in [-0.2, 0) is 22.3 Å². The fourth-order valence-corrected chi connectivity index (χ4v) is 3.10. The molecule has 0 aromatic carbocycles. The van der Waals surface area contributed by atoms with Crippen LogP contribution in [0.2, 0.25) is 0 Å². The van der Waals surface area contributed by atoms with Gasteiger partial charge in [-0.3, -0.25) is 0 Å². The lowest BCUT2D eigenvalue weighted by molar-refractivity contribution is 0.0721. The summed E-state index contributed by atoms with van der Waals surface area (Å²) >= 11 is 1.72. The normalized spacial score (nSPS) is 19.3. The quantitative estimate of drug-likeness (QED) is 0.788. The van der Waals surface area contributed by atoms with Gasteiger partial charge in [0.2, 0.25) is 0 Å². The molecule has 1 aliphatic carbocycles. The second-order valence-electron chi connectivity index (χ2n) is 4.18. The molecule has 1 heterocycles. The maximum absolute atomic E-state index is 9.81. The Morgan fingerprint density at radius 1 is 1.41 bits per heavy atom. The first kappa shape index (κ1) is 13.0. The van der Waals surface area contributed by atoms with Crippen molar-refractivity contribution in [2.75, 3.05) is 26.9 Å². The van der Waals surface area contributed by atoms with Crippen LogP contribution >= 0.6 is 11.3 Å². The van der Waals surface area contributed by atoms with Gasteiger partial charge in [-0.25, -0.2) is 4.98 Å². The lowest BCUT2D eigenvalue weighted by Crippen LogP contribution is -2.07. The number of hydrogen-bond acceptors (Lipinski definition) is 5. The van der Waals surface area contributed by atoms with Gasteiger partial charge in [-0.05, 0) is 19.3 Å². The summed E-state index contributed by atoms with van der Waals surface area (Å²) in [5.74, 6) is 0. The molecule has 1 aromatic rings. The molecular weight excluding hydrogens is 238 g/mol. The van der Waals surface area contributed by atoms with E-state index in [0.717, 1.165) is 36.4 Å². The van der Waals surface area contributed by atoms with E-state index in [-0.39, 0.29) is 6.10 Å². The molecule has 96 valence electrons. The summed E-state index contributed by atoms with van der Waals surface area (Å²) in [6.07, 6.45) is 3.46. The number of ether oxygens (including phenoxy) is 2. The minimum absolute atomic E-state index is 0.349. The van der Waals surface area contributed by atoms with Gasteiger partial charge in [-0.2, -0.15) is 0 Å². The molecule has 1 atom stereocenters. The van der Waals surface area contributed by atoms with Crippen molar-refractivity contribution in [2.45, 2.75) is 31.8 Å². The van der Waals surface area contributed by atoms with Crippen LogP contribution in [0.25, 0.3) is 0 Å². The molecule has 1 aliphatic rings. The smallest absolute Gasteiger partial charge is 0.0971 e. The van der Waals surface area contributed by atoms with Crippen molar-refractivity contribution in [2.24, 2.45) is 0 Å². The van der Waals surface area contributed by atoms with Crippen LogP contribution in [0.1, 0.15) is 34.5 Å². The molecule has 0 fully saturated rings. The standard InChI is InChI=1S/C12H19NO3S/c1-15-7-8-16-6-5-11-13-12-9(14)3-2-4-10(12)17-11/h9,14H,2-8H2,1H3. The fourth-order valence-electron chi connectivity index (χ4n) is 1.96. The summed E-state index contributed by atoms with van der Waals surface area (Å²) in [4.78, 5) is 5.77. The van der Waals surface area contributed by atoms with Crippen LogP contribution < -0.4 is 0 Å². The number of aliphatic hydroxyl groups excluding tert-OH is 1. The van der Waals surface area contributed by atoms with Gasteiger partial charge in [-0.15, -0.1) is 11.3 Å². The van der Waals surface area contributed by atoms with Gasteiger partial charge in [-0.1, -0.05) is 0 Å². The second-order valence-corrected chi connectivity index (χ2v) is 5.35. The summed E-state index contributed by atoms with van der Waals surface area (Å²) in [6.45, 7) is 1.93. The molecule has 0 amide bonds. The van der Waals surface area contributed by atoms with E-state index in [9.17, 15) is 5.11 Å². The summed E-state index contributed by atoms with van der Waals surface area (Å²) < 4.78 is 10.3. The Balaban J connectivity index is 1.81. The number of aromatic nitrogens is 1. The third-order valence-corrected chi connectivity index (χ3v) is 4.05. The molecule has 4 nitrogen and oxygen atoms in total. The van der Waals surface area contributed by atoms with Crippen LogP contribution in [0, 0.1) is 0 Å². The summed E-state index contributed by atoms with van der Waals surface area (Å²) in [5, 5.41) is 10.9. The Morgan fingerprint density at radius 3 is 3.06 bits per heavy atom. The molecule has 0 radical (unpaired) electrons. The minimum Gasteiger partial charge on any atom is -0.387 e. The Morgan fingerprint density at radius 2 is 2.29 bits per heavy atom. The van der Waals surface area contributed by atoms with Crippen LogP contribution in [0.4, 0.5) is 0 Å². The van der Waals surface area contributed by atoms with E-state index in [0.29, 0.717) is 19.8 Å². The largest absolute Gasteiger partial charge is 0.387 e. The summed E-state index contributed by atoms with van der Waals surface area (Å²) in [7, 11) is 1.67. The van der Waals surface area contributed by atoms with Crippen LogP contribution in [0.5, 0.6) is 0 Å². The molecule has 0 saturated heterocycles. The van der Waals surface area contributed by atoms with Crippen molar-refractivity contribution in [1.29, 1.82) is 0 Å². The van der Waals surface area contributed by atoms with Gasteiger partial charge in [0.15, 0.2) is 0 Å². The molecule has 0 saturated carbocycles. The van der Waals surface area contributed by atoms with Gasteiger partial charge in [0.1, 0.15) is 0 Å². The van der Waals surface area contributed by atoms with Crippen molar-refractivity contribution in [1.82, 2.24) is 4.98 Å². The van der Waals surface area contributed by atoms with Crippen LogP contribution in [0.3, 0.4) is 0 Å². The van der Waals surface area contributed by atoms with Crippen molar-refractivity contribution >= 4 is 11.3 Å². The zero-order valence-corrected chi connectivity index (χ0v) is 11.0. The van der Waals surface area contributed by atoms with E-state index >= 15 is 0 Å². The number of thiazole rings is 1. The Hall–Kier alpha value is -0.490. The van der Waals surface area contributed by atoms with Gasteiger partial charge in [0, 0.05) is 18.4 Å². The first-order valence-electron chi connectivity index (χ1n) is 6.04. The molecule has 0 spiro atoms. The Labute approximate surface area is 106 Å². The average molecular weight is 257 g/mol. The predicted molar refractivity (Wildman–Crippen MR) is 66.4 cm³/mol. The number of methoxy groups -OCH3 is 1. The van der Waals surface area contributed by atoms with Crippen LogP contribution in [-0.4, -0.2) is 37.0 Å². The van der Waals surface area contributed by atoms with Crippen LogP contribution in [0.15, 0.2) is 0 Å². The predicted octanol–water partition coefficient (Wildman–Crippen LogP) is 1.72. The maximum Gasteiger partial charge on any atom is 0.0971 e. The highest BCUT2D eigenvalue weighted by molar-refractivity contribution is 7.11. The number of fused-ring (bicyclic) bond motifs is 1. The lowest BCUT2D eigenvalue weighted by Gasteiger charge is -2.14. The number of rotatable bonds is 6. The molecular formula is C12H19NO3S. The van der Waals surface area contributed by atoms with Gasteiger partial charge in [0.25, 0.3) is 0 Å². The first-order valence-corrected chi connectivity index (χ1v) is 6.86. The highest BCUT2D eigenvalue weighted by Crippen LogP contribution is 2.33. The van der Waals surface area contributed by atoms with Gasteiger partial charge in [0.05, 0.1) is 36.6 Å². The molecule has 1 N–H and O–H groups in total. The molecule has 1 unspecified atom stereocenters. The SMILES string of the molecule is COCCOCCc1nc2c(s1)CCCC2O. The van der Waals surface area contributed by atoms with Crippen molar-refractivity contribution in [3.63, 3.8) is 0 Å². The van der Waals surface area contributed by atoms with Gasteiger partial charge < -0.3 is 14.6 Å². The molecule has 1 aromatic heterocycles. The number of aryl methyl sites for hydroxylation is 1. The number of aliphatic hydroxyl groups is 1. The first-order chi connectivity index (χ1) is 8.31. The zero-order valence-electron chi connectivity index (χ0n) is 10.1. The molecule has 2 rings (SSSR count). The van der Waals surface area contributed by atoms with Crippen molar-refractivity contribution in [3.05, 3.63) is 15.6 Å². The number of hydrogen-bond donors (Lipinski definition) is 1. The monoisotopic (exact) mass is 257 g/mol. The second kappa shape index (κ2) is 6.44. The average Bonchev–Trinajstić information content (AvgIpc) is 2.73. The Bertz CT molecular complexity index is 354. The van der Waals surface area contributed by atoms with E-state index in [1.165, 1.54) is 4.88 Å². The topological polar surface area (TPSA) is 51.6 Å². The molecule has 17 heavy (non-hydrogen) atoms. The van der Waals surface area contributed by atoms with E-state index in [1.54, 1.807) is 18.4 Å². The summed E-state index contributed by atoms with van der Waals surface area (Å²) in [6, 6.07) is 0. The molecule has 0 aliphatic heterocycles. The Kier molecular flexibility index (Phi) is 4.91. The van der Waals surface area contributed by atoms with E-state index in [2.05, 4.69) is 4.98 Å². The summed E-state index contributed by atoms with van der Waals surface area (Å²) in [5.41, 5.74) is 0.910. The third-order valence-electron chi connectivity index (χ3n) is 2.86. The minimum atomic E-state index is -0.349. The van der Waals surface area contributed by atoms with Gasteiger partial charge >= 0.3 is 0 Å². The lowest BCUT2D eigenvalue weighted by atomic mass is 10.0. The number of nitrogens with zero attached hydrogens (tertiary/aromatic N) is 1. The maximum atomic E-state index is 9.81. The molecule has 5 heteroatoms. The zero-order chi connectivity index (χ0) is 12.1. The fraction of sp³-hybridized carbons (Fsp3) is 0.750. The van der Waals surface area contributed by atoms with E-state index in [4.69, 9.17) is 9.47 Å². The molecule has 0 bridgehead atoms. The van der Waals surface area contributed by atoms with Crippen molar-refractivity contribution < 1.29 is 14.6 Å². The van der Waals surface area contributed by atoms with E-state index in [1.807, 2.05) is 0 Å².